The lowest BCUT2D eigenvalue weighted by Gasteiger charge is -2.46. The Kier molecular flexibility index (Phi) is 14.7. The molecule has 0 aliphatic heterocycles. The Hall–Kier alpha value is -6.68. The smallest absolute Gasteiger partial charge is 0.227 e. The monoisotopic (exact) mass is 1110 g/mol. The van der Waals surface area contributed by atoms with Crippen molar-refractivity contribution in [2.75, 3.05) is 0 Å². The van der Waals surface area contributed by atoms with Crippen LogP contribution in [0.4, 0.5) is 110 Å². The van der Waals surface area contributed by atoms with Gasteiger partial charge in [-0.1, -0.05) is 84.1 Å². The highest BCUT2D eigenvalue weighted by Gasteiger charge is 2.47. The van der Waals surface area contributed by atoms with E-state index in [1.807, 2.05) is 29.8 Å². The van der Waals surface area contributed by atoms with Crippen LogP contribution >= 0.6 is 11.3 Å². The summed E-state index contributed by atoms with van der Waals surface area (Å²) in [5.41, 5.74) is -27.5. The number of rotatable bonds is 6. The SMILES string of the molecule is FC(F)(F)c1cc([B-](c2cc(C(F)(F)F)cc(C(F)(F)F)c2)(c2cc(C(F)(F)F)cc(C(F)(F)F)c2)c2cc(C(F)(F)F)cc(C(F)(F)F)c2)cc(C(F)(F)F)c1.Fc1ccccc1O[n+]1csc2ccccc21. The highest BCUT2D eigenvalue weighted by molar-refractivity contribution is 7.20. The second-order valence-corrected chi connectivity index (χ2v) is 16.6. The summed E-state index contributed by atoms with van der Waals surface area (Å²) in [6.07, 6.45) is -54.8. The van der Waals surface area contributed by atoms with Crippen molar-refractivity contribution in [1.82, 2.24) is 0 Å². The van der Waals surface area contributed by atoms with Crippen LogP contribution in [0, 0.1) is 5.82 Å². The summed E-state index contributed by atoms with van der Waals surface area (Å²) in [6.45, 7) is 0. The lowest BCUT2D eigenvalue weighted by Crippen LogP contribution is -2.75. The van der Waals surface area contributed by atoms with E-state index >= 15 is 0 Å². The molecule has 0 atom stereocenters. The van der Waals surface area contributed by atoms with Gasteiger partial charge in [0.25, 0.3) is 11.0 Å². The molecule has 1 aromatic heterocycles. The first-order valence-corrected chi connectivity index (χ1v) is 20.7. The average molecular weight is 1110 g/mol. The maximum atomic E-state index is 14.2. The number of aromatic nitrogens is 1. The third-order valence-corrected chi connectivity index (χ3v) is 11.7. The molecule has 7 rings (SSSR count). The van der Waals surface area contributed by atoms with Crippen LogP contribution in [0.15, 0.2) is 127 Å². The fraction of sp³-hybridized carbons (Fsp3) is 0.178. The molecule has 0 unspecified atom stereocenters. The molecule has 7 aromatic rings. The number of halogens is 25. The predicted octanol–water partition coefficient (Wildman–Crippen LogP) is 14.4. The fourth-order valence-electron chi connectivity index (χ4n) is 7.67. The molecule has 396 valence electrons. The summed E-state index contributed by atoms with van der Waals surface area (Å²) in [5.74, 6) is -0.142. The number of hydrogen-bond acceptors (Lipinski definition) is 2. The van der Waals surface area contributed by atoms with Crippen LogP contribution in [0.3, 0.4) is 0 Å². The number of fused-ring (bicyclic) bond motifs is 1. The maximum Gasteiger partial charge on any atom is 0.416 e. The summed E-state index contributed by atoms with van der Waals surface area (Å²) >= 11 is 1.55. The lowest BCUT2D eigenvalue weighted by molar-refractivity contribution is -0.851. The van der Waals surface area contributed by atoms with E-state index in [0.29, 0.717) is 0 Å². The molecule has 1 heterocycles. The summed E-state index contributed by atoms with van der Waals surface area (Å²) in [7, 11) is 0. The number of para-hydroxylation sites is 2. The number of alkyl halides is 24. The van der Waals surface area contributed by atoms with Gasteiger partial charge in [-0.15, -0.1) is 0 Å². The minimum absolute atomic E-state index is 0.223. The standard InChI is InChI=1S/C32H12BF24.C13H9FNOS/c34-25(35,36)13-1-14(26(37,38)39)6-21(5-13)33(22-7-15(27(40,41)42)2-16(8-22)28(43,44)45,23-9-17(29(46,47)48)3-18(10-23)30(49,50)51)24-11-19(31(52,53)54)4-20(12-24)32(55,56)57;14-10-5-1-3-7-12(10)16-15-9-17-13-8-4-2-6-11(13)15/h1-12H;1-9H/q-1;+1. The zero-order valence-corrected chi connectivity index (χ0v) is 36.2. The van der Waals surface area contributed by atoms with Gasteiger partial charge in [0.05, 0.1) is 44.5 Å². The van der Waals surface area contributed by atoms with Crippen LogP contribution in [0.2, 0.25) is 0 Å². The molecule has 0 aliphatic rings. The maximum absolute atomic E-state index is 14.2. The first kappa shape index (κ1) is 56.6. The van der Waals surface area contributed by atoms with E-state index in [4.69, 9.17) is 4.84 Å². The minimum atomic E-state index is -6.13. The molecular weight excluding hydrogens is 1090 g/mol. The van der Waals surface area contributed by atoms with Gasteiger partial charge in [-0.25, -0.2) is 9.23 Å². The molecule has 0 fully saturated rings. The minimum Gasteiger partial charge on any atom is -0.227 e. The predicted molar refractivity (Wildman–Crippen MR) is 215 cm³/mol. The second kappa shape index (κ2) is 19.2. The second-order valence-electron chi connectivity index (χ2n) is 15.8. The molecule has 0 spiro atoms. The number of hydrogen-bond donors (Lipinski definition) is 0. The van der Waals surface area contributed by atoms with E-state index in [1.165, 1.54) is 6.07 Å². The Bertz CT molecular complexity index is 2740. The molecular formula is C45H21BF25NOS. The normalized spacial score (nSPS) is 13.5. The van der Waals surface area contributed by atoms with Gasteiger partial charge in [0.1, 0.15) is 10.8 Å². The molecule has 0 saturated heterocycles. The summed E-state index contributed by atoms with van der Waals surface area (Å²) in [4.78, 5) is 5.51. The van der Waals surface area contributed by atoms with E-state index in [2.05, 4.69) is 0 Å². The summed E-state index contributed by atoms with van der Waals surface area (Å²) in [6, 6.07) is 5.39. The molecule has 0 radical (unpaired) electrons. The van der Waals surface area contributed by atoms with E-state index in [0.717, 1.165) is 10.2 Å². The molecule has 0 amide bonds. The van der Waals surface area contributed by atoms with Gasteiger partial charge >= 0.3 is 49.4 Å². The molecule has 0 N–H and O–H groups in total. The lowest BCUT2D eigenvalue weighted by atomic mass is 9.12. The van der Waals surface area contributed by atoms with Crippen LogP contribution in [0.1, 0.15) is 44.5 Å². The zero-order valence-electron chi connectivity index (χ0n) is 35.4. The van der Waals surface area contributed by atoms with Crippen molar-refractivity contribution in [2.24, 2.45) is 0 Å². The Morgan fingerprint density at radius 1 is 0.338 bits per heavy atom. The van der Waals surface area contributed by atoms with Crippen LogP contribution in [-0.4, -0.2) is 6.15 Å². The van der Waals surface area contributed by atoms with Crippen molar-refractivity contribution in [2.45, 2.75) is 49.4 Å². The third kappa shape index (κ3) is 12.3. The van der Waals surface area contributed by atoms with Crippen LogP contribution in [0.25, 0.3) is 10.2 Å². The van der Waals surface area contributed by atoms with Crippen molar-refractivity contribution < 1.29 is 119 Å². The summed E-state index contributed by atoms with van der Waals surface area (Å²) < 4.78 is 357. The van der Waals surface area contributed by atoms with Gasteiger partial charge in [-0.3, -0.25) is 0 Å². The van der Waals surface area contributed by atoms with E-state index in [1.54, 1.807) is 34.3 Å². The largest absolute Gasteiger partial charge is 0.416 e. The van der Waals surface area contributed by atoms with Gasteiger partial charge in [0.15, 0.2) is 5.82 Å². The Morgan fingerprint density at radius 3 is 0.865 bits per heavy atom. The first-order valence-electron chi connectivity index (χ1n) is 19.8. The molecule has 0 bridgehead atoms. The zero-order chi connectivity index (χ0) is 55.6. The molecule has 74 heavy (non-hydrogen) atoms. The fourth-order valence-corrected chi connectivity index (χ4v) is 8.47. The molecule has 0 aliphatic carbocycles. The van der Waals surface area contributed by atoms with Gasteiger partial charge in [0.2, 0.25) is 5.75 Å². The number of benzene rings is 6. The Labute approximate surface area is 400 Å². The molecule has 29 heteroatoms. The Morgan fingerprint density at radius 2 is 0.595 bits per heavy atom. The van der Waals surface area contributed by atoms with Gasteiger partial charge < -0.3 is 0 Å². The van der Waals surface area contributed by atoms with Crippen LogP contribution in [-0.2, 0) is 49.4 Å². The molecule has 2 nitrogen and oxygen atoms in total. The number of nitrogens with zero attached hydrogens (tertiary/aromatic N) is 1. The topological polar surface area (TPSA) is 13.1 Å². The van der Waals surface area contributed by atoms with Crippen molar-refractivity contribution in [3.05, 3.63) is 177 Å². The van der Waals surface area contributed by atoms with Gasteiger partial charge in [-0.2, -0.15) is 127 Å². The van der Waals surface area contributed by atoms with Crippen molar-refractivity contribution in [3.63, 3.8) is 0 Å². The van der Waals surface area contributed by atoms with Crippen LogP contribution < -0.4 is 31.4 Å². The highest BCUT2D eigenvalue weighted by atomic mass is 32.1. The van der Waals surface area contributed by atoms with Crippen molar-refractivity contribution in [3.8, 4) is 5.75 Å². The van der Waals surface area contributed by atoms with E-state index < -0.39 is 195 Å². The quantitative estimate of drug-likeness (QED) is 0.0919. The summed E-state index contributed by atoms with van der Waals surface area (Å²) in [5, 5.41) is 0. The van der Waals surface area contributed by atoms with Gasteiger partial charge in [-0.05, 0) is 42.5 Å². The molecule has 0 saturated carbocycles. The van der Waals surface area contributed by atoms with E-state index in [9.17, 15) is 110 Å². The first-order chi connectivity index (χ1) is 33.6. The van der Waals surface area contributed by atoms with Gasteiger partial charge in [0, 0.05) is 10.8 Å². The van der Waals surface area contributed by atoms with Crippen LogP contribution in [0.5, 0.6) is 5.75 Å². The van der Waals surface area contributed by atoms with Crippen molar-refractivity contribution >= 4 is 49.6 Å². The van der Waals surface area contributed by atoms with E-state index in [-0.39, 0.29) is 11.6 Å². The third-order valence-electron chi connectivity index (χ3n) is 10.9. The number of thiazole rings is 1. The molecule has 6 aromatic carbocycles. The van der Waals surface area contributed by atoms with Crippen molar-refractivity contribution in [1.29, 1.82) is 0 Å². The Balaban J connectivity index is 0.000000436. The average Bonchev–Trinajstić information content (AvgIpc) is 3.67. The highest BCUT2D eigenvalue weighted by Crippen LogP contribution is 2.41.